The summed E-state index contributed by atoms with van der Waals surface area (Å²) in [7, 11) is 0. The molecule has 10 heavy (non-hydrogen) atoms. The van der Waals surface area contributed by atoms with Crippen molar-refractivity contribution in [2.75, 3.05) is 13.2 Å². The van der Waals surface area contributed by atoms with Crippen LogP contribution in [0.5, 0.6) is 0 Å². The van der Waals surface area contributed by atoms with Crippen LogP contribution in [0.1, 0.15) is 27.2 Å². The van der Waals surface area contributed by atoms with Gasteiger partial charge in [-0.3, -0.25) is 0 Å². The van der Waals surface area contributed by atoms with Gasteiger partial charge in [-0.15, -0.1) is 0 Å². The molecule has 0 fully saturated rings. The molecule has 0 aromatic rings. The molecule has 1 N–H and O–H groups in total. The number of aliphatic hydroxyl groups is 1. The predicted molar refractivity (Wildman–Crippen MR) is 42.0 cm³/mol. The lowest BCUT2D eigenvalue weighted by molar-refractivity contribution is 0.0330. The normalized spacial score (nSPS) is 14.1. The van der Waals surface area contributed by atoms with Gasteiger partial charge in [0.15, 0.2) is 0 Å². The predicted octanol–water partition coefficient (Wildman–Crippen LogP) is 1.43. The minimum atomic E-state index is 0.239. The first-order chi connectivity index (χ1) is 4.70. The van der Waals surface area contributed by atoms with Gasteiger partial charge >= 0.3 is 0 Å². The van der Waals surface area contributed by atoms with Gasteiger partial charge in [0, 0.05) is 12.5 Å². The Hall–Kier alpha value is -0.0800. The summed E-state index contributed by atoms with van der Waals surface area (Å²) in [6.45, 7) is 6.99. The van der Waals surface area contributed by atoms with E-state index >= 15 is 0 Å². The van der Waals surface area contributed by atoms with Crippen molar-refractivity contribution in [3.8, 4) is 0 Å². The van der Waals surface area contributed by atoms with Crippen LogP contribution < -0.4 is 0 Å². The molecule has 0 aliphatic heterocycles. The van der Waals surface area contributed by atoms with Gasteiger partial charge in [-0.1, -0.05) is 6.92 Å². The van der Waals surface area contributed by atoms with E-state index in [1.54, 1.807) is 0 Å². The SMILES string of the molecule is CCC(CO)COC(C)C. The van der Waals surface area contributed by atoms with Crippen molar-refractivity contribution in [3.05, 3.63) is 0 Å². The van der Waals surface area contributed by atoms with Crippen molar-refractivity contribution >= 4 is 0 Å². The fraction of sp³-hybridized carbons (Fsp3) is 1.00. The lowest BCUT2D eigenvalue weighted by Gasteiger charge is -2.13. The molecule has 0 aromatic heterocycles. The van der Waals surface area contributed by atoms with Crippen LogP contribution in [0.15, 0.2) is 0 Å². The van der Waals surface area contributed by atoms with E-state index in [1.807, 2.05) is 13.8 Å². The zero-order valence-electron chi connectivity index (χ0n) is 7.13. The van der Waals surface area contributed by atoms with E-state index < -0.39 is 0 Å². The molecule has 0 radical (unpaired) electrons. The van der Waals surface area contributed by atoms with Gasteiger partial charge in [-0.25, -0.2) is 0 Å². The Bertz CT molecular complexity index is 67.7. The molecule has 0 amide bonds. The Kier molecular flexibility index (Phi) is 5.64. The summed E-state index contributed by atoms with van der Waals surface area (Å²) in [6.07, 6.45) is 1.27. The smallest absolute Gasteiger partial charge is 0.0519 e. The Labute approximate surface area is 63.2 Å². The molecule has 2 nitrogen and oxygen atoms in total. The van der Waals surface area contributed by atoms with Crippen LogP contribution in [0.4, 0.5) is 0 Å². The average molecular weight is 146 g/mol. The highest BCUT2D eigenvalue weighted by Gasteiger charge is 2.04. The quantitative estimate of drug-likeness (QED) is 0.635. The highest BCUT2D eigenvalue weighted by atomic mass is 16.5. The molecule has 1 unspecified atom stereocenters. The van der Waals surface area contributed by atoms with Crippen molar-refractivity contribution in [2.45, 2.75) is 33.3 Å². The largest absolute Gasteiger partial charge is 0.396 e. The van der Waals surface area contributed by atoms with Gasteiger partial charge in [0.05, 0.1) is 12.7 Å². The molecule has 0 saturated heterocycles. The fourth-order valence-electron chi connectivity index (χ4n) is 0.628. The topological polar surface area (TPSA) is 29.5 Å². The lowest BCUT2D eigenvalue weighted by atomic mass is 10.1. The molecule has 0 saturated carbocycles. The Balaban J connectivity index is 3.26. The highest BCUT2D eigenvalue weighted by Crippen LogP contribution is 2.02. The lowest BCUT2D eigenvalue weighted by Crippen LogP contribution is -2.16. The summed E-state index contributed by atoms with van der Waals surface area (Å²) in [4.78, 5) is 0. The van der Waals surface area contributed by atoms with Crippen LogP contribution in [0, 0.1) is 5.92 Å². The van der Waals surface area contributed by atoms with Crippen molar-refractivity contribution in [2.24, 2.45) is 5.92 Å². The maximum absolute atomic E-state index is 8.76. The number of ether oxygens (including phenoxy) is 1. The summed E-state index contributed by atoms with van der Waals surface area (Å²) in [5.74, 6) is 0.322. The molecule has 0 heterocycles. The van der Waals surface area contributed by atoms with Crippen LogP contribution in [0.25, 0.3) is 0 Å². The van der Waals surface area contributed by atoms with E-state index in [1.165, 1.54) is 0 Å². The molecule has 0 aliphatic carbocycles. The molecule has 0 bridgehead atoms. The van der Waals surface area contributed by atoms with E-state index in [0.29, 0.717) is 12.5 Å². The number of rotatable bonds is 5. The van der Waals surface area contributed by atoms with E-state index in [-0.39, 0.29) is 12.7 Å². The first-order valence-corrected chi connectivity index (χ1v) is 3.93. The molecule has 0 aromatic carbocycles. The second kappa shape index (κ2) is 5.69. The molecule has 2 heteroatoms. The van der Waals surface area contributed by atoms with Crippen LogP contribution in [0.2, 0.25) is 0 Å². The molecule has 1 atom stereocenters. The van der Waals surface area contributed by atoms with Gasteiger partial charge in [-0.2, -0.15) is 0 Å². The molecule has 0 rings (SSSR count). The third-order valence-electron chi connectivity index (χ3n) is 1.50. The summed E-state index contributed by atoms with van der Waals surface area (Å²) >= 11 is 0. The first kappa shape index (κ1) is 9.92. The van der Waals surface area contributed by atoms with Gasteiger partial charge < -0.3 is 9.84 Å². The zero-order chi connectivity index (χ0) is 7.98. The van der Waals surface area contributed by atoms with Crippen LogP contribution in [-0.4, -0.2) is 24.4 Å². The van der Waals surface area contributed by atoms with Crippen LogP contribution in [0.3, 0.4) is 0 Å². The van der Waals surface area contributed by atoms with Gasteiger partial charge in [0.2, 0.25) is 0 Å². The van der Waals surface area contributed by atoms with Crippen LogP contribution in [-0.2, 0) is 4.74 Å². The summed E-state index contributed by atoms with van der Waals surface area (Å²) in [5.41, 5.74) is 0. The van der Waals surface area contributed by atoms with Crippen molar-refractivity contribution in [1.29, 1.82) is 0 Å². The van der Waals surface area contributed by atoms with Crippen molar-refractivity contribution < 1.29 is 9.84 Å². The third-order valence-corrected chi connectivity index (χ3v) is 1.50. The highest BCUT2D eigenvalue weighted by molar-refractivity contribution is 4.53. The molecule has 0 aliphatic rings. The molecular formula is C8H18O2. The first-order valence-electron chi connectivity index (χ1n) is 3.93. The Morgan fingerprint density at radius 2 is 2.00 bits per heavy atom. The second-order valence-corrected chi connectivity index (χ2v) is 2.84. The Morgan fingerprint density at radius 1 is 1.40 bits per heavy atom. The summed E-state index contributed by atoms with van der Waals surface area (Å²) in [5, 5.41) is 8.76. The second-order valence-electron chi connectivity index (χ2n) is 2.84. The number of hydrogen-bond donors (Lipinski definition) is 1. The maximum atomic E-state index is 8.76. The summed E-state index contributed by atoms with van der Waals surface area (Å²) in [6, 6.07) is 0. The van der Waals surface area contributed by atoms with Gasteiger partial charge in [0.25, 0.3) is 0 Å². The number of hydrogen-bond acceptors (Lipinski definition) is 2. The molecule has 0 spiro atoms. The van der Waals surface area contributed by atoms with E-state index in [4.69, 9.17) is 9.84 Å². The minimum absolute atomic E-state index is 0.239. The Morgan fingerprint density at radius 3 is 2.30 bits per heavy atom. The zero-order valence-corrected chi connectivity index (χ0v) is 7.13. The monoisotopic (exact) mass is 146 g/mol. The molecule has 62 valence electrons. The van der Waals surface area contributed by atoms with E-state index in [0.717, 1.165) is 6.42 Å². The third kappa shape index (κ3) is 4.77. The van der Waals surface area contributed by atoms with Gasteiger partial charge in [0.1, 0.15) is 0 Å². The maximum Gasteiger partial charge on any atom is 0.0519 e. The van der Waals surface area contributed by atoms with Crippen molar-refractivity contribution in [1.82, 2.24) is 0 Å². The van der Waals surface area contributed by atoms with Crippen molar-refractivity contribution in [3.63, 3.8) is 0 Å². The van der Waals surface area contributed by atoms with E-state index in [9.17, 15) is 0 Å². The molecular weight excluding hydrogens is 128 g/mol. The minimum Gasteiger partial charge on any atom is -0.396 e. The fourth-order valence-corrected chi connectivity index (χ4v) is 0.628. The van der Waals surface area contributed by atoms with E-state index in [2.05, 4.69) is 6.92 Å². The summed E-state index contributed by atoms with van der Waals surface area (Å²) < 4.78 is 5.33. The number of aliphatic hydroxyl groups excluding tert-OH is 1. The average Bonchev–Trinajstić information content (AvgIpc) is 1.90. The van der Waals surface area contributed by atoms with Crippen LogP contribution >= 0.6 is 0 Å². The standard InChI is InChI=1S/C8H18O2/c1-4-8(5-9)6-10-7(2)3/h7-9H,4-6H2,1-3H3. The van der Waals surface area contributed by atoms with Gasteiger partial charge in [-0.05, 0) is 20.3 Å².